The highest BCUT2D eigenvalue weighted by molar-refractivity contribution is 7.90. The molecule has 0 spiro atoms. The van der Waals surface area contributed by atoms with Crippen LogP contribution in [-0.4, -0.2) is 54.0 Å². The van der Waals surface area contributed by atoms with E-state index >= 15 is 0 Å². The summed E-state index contributed by atoms with van der Waals surface area (Å²) in [6, 6.07) is 19.3. The van der Waals surface area contributed by atoms with E-state index in [4.69, 9.17) is 23.2 Å². The topological polar surface area (TPSA) is 104 Å². The van der Waals surface area contributed by atoms with Crippen molar-refractivity contribution >= 4 is 50.9 Å². The summed E-state index contributed by atoms with van der Waals surface area (Å²) in [6.07, 6.45) is 0.234. The van der Waals surface area contributed by atoms with Crippen molar-refractivity contribution in [2.75, 3.05) is 6.54 Å². The summed E-state index contributed by atoms with van der Waals surface area (Å²) in [5, 5.41) is 3.71. The molecule has 1 heterocycles. The Bertz CT molecular complexity index is 1550. The molecule has 1 N–H and O–H groups in total. The molecule has 216 valence electrons. The molecule has 1 atom stereocenters. The number of hydrogen-bond donors (Lipinski definition) is 1. The SMILES string of the molecule is CC(C)NC(=O)C(Cc1ccccc1)N(Cc1ccc(Cl)cc1Cl)C(=O)CCCN1C(=O)c2ccccc2S1(=O)=O. The highest BCUT2D eigenvalue weighted by Crippen LogP contribution is 2.30. The van der Waals surface area contributed by atoms with Crippen LogP contribution in [0.25, 0.3) is 0 Å². The lowest BCUT2D eigenvalue weighted by molar-refractivity contribution is -0.141. The molecule has 1 aliphatic rings. The van der Waals surface area contributed by atoms with Gasteiger partial charge in [0.05, 0.1) is 5.56 Å². The van der Waals surface area contributed by atoms with Crippen LogP contribution in [0.1, 0.15) is 48.2 Å². The lowest BCUT2D eigenvalue weighted by atomic mass is 10.0. The molecule has 1 unspecified atom stereocenters. The third-order valence-corrected chi connectivity index (χ3v) is 9.15. The summed E-state index contributed by atoms with van der Waals surface area (Å²) in [4.78, 5) is 41.5. The van der Waals surface area contributed by atoms with E-state index in [-0.39, 0.29) is 60.7 Å². The summed E-state index contributed by atoms with van der Waals surface area (Å²) < 4.78 is 26.7. The number of hydrogen-bond acceptors (Lipinski definition) is 5. The van der Waals surface area contributed by atoms with E-state index < -0.39 is 22.0 Å². The van der Waals surface area contributed by atoms with E-state index in [2.05, 4.69) is 5.32 Å². The number of sulfonamides is 1. The summed E-state index contributed by atoms with van der Waals surface area (Å²) in [6.45, 7) is 3.54. The maximum absolute atomic E-state index is 13.8. The lowest BCUT2D eigenvalue weighted by Crippen LogP contribution is -2.51. The number of rotatable bonds is 11. The van der Waals surface area contributed by atoms with Gasteiger partial charge in [0.2, 0.25) is 11.8 Å². The molecule has 0 fully saturated rings. The Balaban J connectivity index is 1.59. The average molecular weight is 617 g/mol. The van der Waals surface area contributed by atoms with Gasteiger partial charge in [0.25, 0.3) is 15.9 Å². The van der Waals surface area contributed by atoms with Crippen molar-refractivity contribution in [2.45, 2.75) is 56.6 Å². The minimum Gasteiger partial charge on any atom is -0.352 e. The fraction of sp³-hybridized carbons (Fsp3) is 0.300. The second-order valence-electron chi connectivity index (χ2n) is 10.1. The first-order valence-electron chi connectivity index (χ1n) is 13.2. The predicted octanol–water partition coefficient (Wildman–Crippen LogP) is 5.08. The molecule has 0 aromatic heterocycles. The predicted molar refractivity (Wildman–Crippen MR) is 158 cm³/mol. The molecule has 3 amide bonds. The van der Waals surface area contributed by atoms with Gasteiger partial charge in [-0.05, 0) is 55.7 Å². The number of nitrogens with zero attached hydrogens (tertiary/aromatic N) is 2. The van der Waals surface area contributed by atoms with E-state index in [1.165, 1.54) is 17.0 Å². The fourth-order valence-corrected chi connectivity index (χ4v) is 6.81. The Labute approximate surface area is 250 Å². The molecule has 11 heteroatoms. The van der Waals surface area contributed by atoms with Gasteiger partial charge in [-0.25, -0.2) is 12.7 Å². The number of fused-ring (bicyclic) bond motifs is 1. The minimum absolute atomic E-state index is 0.0320. The molecule has 1 aliphatic heterocycles. The van der Waals surface area contributed by atoms with Crippen LogP contribution in [0.2, 0.25) is 10.0 Å². The van der Waals surface area contributed by atoms with Crippen LogP contribution in [-0.2, 0) is 32.6 Å². The second-order valence-corrected chi connectivity index (χ2v) is 12.8. The van der Waals surface area contributed by atoms with Crippen molar-refractivity contribution in [1.82, 2.24) is 14.5 Å². The summed E-state index contributed by atoms with van der Waals surface area (Å²) in [5.41, 5.74) is 1.58. The Morgan fingerprint density at radius 2 is 1.66 bits per heavy atom. The van der Waals surface area contributed by atoms with Crippen LogP contribution in [0.15, 0.2) is 77.7 Å². The maximum Gasteiger partial charge on any atom is 0.269 e. The normalized spacial score (nSPS) is 14.6. The minimum atomic E-state index is -3.99. The highest BCUT2D eigenvalue weighted by atomic mass is 35.5. The average Bonchev–Trinajstić information content (AvgIpc) is 3.12. The molecule has 41 heavy (non-hydrogen) atoms. The van der Waals surface area contributed by atoms with E-state index in [0.29, 0.717) is 15.6 Å². The van der Waals surface area contributed by atoms with E-state index in [0.717, 1.165) is 9.87 Å². The van der Waals surface area contributed by atoms with Crippen LogP contribution in [0, 0.1) is 0 Å². The Hall–Kier alpha value is -3.40. The summed E-state index contributed by atoms with van der Waals surface area (Å²) in [5.74, 6) is -1.32. The van der Waals surface area contributed by atoms with E-state index in [1.54, 1.807) is 30.3 Å². The van der Waals surface area contributed by atoms with Crippen LogP contribution < -0.4 is 5.32 Å². The van der Waals surface area contributed by atoms with Crippen molar-refractivity contribution in [3.05, 3.63) is 99.5 Å². The first kappa shape index (κ1) is 30.6. The monoisotopic (exact) mass is 615 g/mol. The highest BCUT2D eigenvalue weighted by Gasteiger charge is 2.40. The van der Waals surface area contributed by atoms with Crippen LogP contribution in [0.5, 0.6) is 0 Å². The Morgan fingerprint density at radius 3 is 2.32 bits per heavy atom. The number of halogens is 2. The van der Waals surface area contributed by atoms with Gasteiger partial charge < -0.3 is 10.2 Å². The zero-order chi connectivity index (χ0) is 29.7. The Kier molecular flexibility index (Phi) is 9.73. The zero-order valence-electron chi connectivity index (χ0n) is 22.7. The van der Waals surface area contributed by atoms with Gasteiger partial charge in [0.15, 0.2) is 0 Å². The van der Waals surface area contributed by atoms with Gasteiger partial charge >= 0.3 is 0 Å². The largest absolute Gasteiger partial charge is 0.352 e. The third kappa shape index (κ3) is 7.09. The fourth-order valence-electron chi connectivity index (χ4n) is 4.74. The molecule has 0 saturated heterocycles. The molecule has 0 radical (unpaired) electrons. The van der Waals surface area contributed by atoms with Crippen molar-refractivity contribution in [3.63, 3.8) is 0 Å². The van der Waals surface area contributed by atoms with Crippen LogP contribution >= 0.6 is 23.2 Å². The molecule has 3 aromatic rings. The Morgan fingerprint density at radius 1 is 0.976 bits per heavy atom. The second kappa shape index (κ2) is 13.1. The quantitative estimate of drug-likeness (QED) is 0.324. The number of benzene rings is 3. The number of nitrogens with one attached hydrogen (secondary N) is 1. The zero-order valence-corrected chi connectivity index (χ0v) is 25.0. The lowest BCUT2D eigenvalue weighted by Gasteiger charge is -2.32. The van der Waals surface area contributed by atoms with Crippen molar-refractivity contribution in [2.24, 2.45) is 0 Å². The molecular weight excluding hydrogens is 585 g/mol. The van der Waals surface area contributed by atoms with Crippen molar-refractivity contribution < 1.29 is 22.8 Å². The first-order valence-corrected chi connectivity index (χ1v) is 15.4. The van der Waals surface area contributed by atoms with Crippen molar-refractivity contribution in [3.8, 4) is 0 Å². The molecule has 4 rings (SSSR count). The van der Waals surface area contributed by atoms with Crippen LogP contribution in [0.4, 0.5) is 0 Å². The van der Waals surface area contributed by atoms with Gasteiger partial charge in [-0.3, -0.25) is 14.4 Å². The van der Waals surface area contributed by atoms with Gasteiger partial charge in [0.1, 0.15) is 10.9 Å². The molecule has 0 bridgehead atoms. The van der Waals surface area contributed by atoms with Gasteiger partial charge in [-0.1, -0.05) is 71.7 Å². The van der Waals surface area contributed by atoms with Gasteiger partial charge in [-0.15, -0.1) is 0 Å². The van der Waals surface area contributed by atoms with E-state index in [9.17, 15) is 22.8 Å². The maximum atomic E-state index is 13.8. The molecule has 3 aromatic carbocycles. The van der Waals surface area contributed by atoms with E-state index in [1.807, 2.05) is 44.2 Å². The van der Waals surface area contributed by atoms with Crippen LogP contribution in [0.3, 0.4) is 0 Å². The number of amides is 3. The van der Waals surface area contributed by atoms with Gasteiger partial charge in [0, 0.05) is 42.0 Å². The van der Waals surface area contributed by atoms with Crippen molar-refractivity contribution in [1.29, 1.82) is 0 Å². The van der Waals surface area contributed by atoms with Gasteiger partial charge in [-0.2, -0.15) is 0 Å². The molecule has 0 aliphatic carbocycles. The third-order valence-electron chi connectivity index (χ3n) is 6.72. The molecular formula is C30H31Cl2N3O5S. The summed E-state index contributed by atoms with van der Waals surface area (Å²) >= 11 is 12.5. The smallest absolute Gasteiger partial charge is 0.269 e. The molecule has 8 nitrogen and oxygen atoms in total. The number of carbonyl (C=O) groups is 3. The first-order chi connectivity index (χ1) is 19.5. The number of carbonyl (C=O) groups excluding carboxylic acids is 3. The molecule has 0 saturated carbocycles. The summed E-state index contributed by atoms with van der Waals surface area (Å²) in [7, 11) is -3.99. The standard InChI is InChI=1S/C30H31Cl2N3O5S/c1-20(2)33-29(37)26(17-21-9-4-3-5-10-21)34(19-22-14-15-23(31)18-25(22)32)28(36)13-8-16-35-30(38)24-11-6-7-12-27(24)41(35,39)40/h3-7,9-12,14-15,18,20,26H,8,13,16-17,19H2,1-2H3,(H,33,37).